The van der Waals surface area contributed by atoms with Gasteiger partial charge in [-0.25, -0.2) is 13.1 Å². The van der Waals surface area contributed by atoms with Gasteiger partial charge >= 0.3 is 0 Å². The lowest BCUT2D eigenvalue weighted by atomic mass is 10.0. The molecule has 0 spiro atoms. The molecule has 1 aromatic rings. The van der Waals surface area contributed by atoms with Crippen molar-refractivity contribution in [2.75, 3.05) is 13.2 Å². The topological polar surface area (TPSA) is 64.6 Å². The first-order chi connectivity index (χ1) is 9.34. The van der Waals surface area contributed by atoms with Crippen LogP contribution in [0, 0.1) is 0 Å². The zero-order valence-electron chi connectivity index (χ0n) is 12.1. The maximum Gasteiger partial charge on any atom is 0.241 e. The summed E-state index contributed by atoms with van der Waals surface area (Å²) in [7, 11) is -3.56. The van der Waals surface area contributed by atoms with Crippen molar-refractivity contribution in [3.05, 3.63) is 18.2 Å². The molecule has 0 aromatic heterocycles. The highest BCUT2D eigenvalue weighted by Gasteiger charge is 2.25. The molecule has 1 heterocycles. The molecule has 6 heteroatoms. The van der Waals surface area contributed by atoms with E-state index in [1.54, 1.807) is 12.1 Å². The second kappa shape index (κ2) is 5.61. The van der Waals surface area contributed by atoms with E-state index >= 15 is 0 Å². The van der Waals surface area contributed by atoms with Gasteiger partial charge in [0.1, 0.15) is 0 Å². The van der Waals surface area contributed by atoms with Gasteiger partial charge in [-0.2, -0.15) is 0 Å². The van der Waals surface area contributed by atoms with Crippen LogP contribution in [-0.2, 0) is 10.0 Å². The number of benzene rings is 1. The summed E-state index contributed by atoms with van der Waals surface area (Å²) < 4.78 is 38.5. The molecule has 0 atom stereocenters. The minimum absolute atomic E-state index is 0.197. The van der Waals surface area contributed by atoms with Gasteiger partial charge in [-0.05, 0) is 32.4 Å². The van der Waals surface area contributed by atoms with Crippen LogP contribution in [0.3, 0.4) is 0 Å². The van der Waals surface area contributed by atoms with Crippen LogP contribution in [0.2, 0.25) is 0 Å². The Morgan fingerprint density at radius 3 is 2.50 bits per heavy atom. The molecule has 0 unspecified atom stereocenters. The molecule has 1 N–H and O–H groups in total. The van der Waals surface area contributed by atoms with Gasteiger partial charge in [-0.1, -0.05) is 6.92 Å². The predicted molar refractivity (Wildman–Crippen MR) is 76.7 cm³/mol. The van der Waals surface area contributed by atoms with E-state index in [4.69, 9.17) is 9.47 Å². The van der Waals surface area contributed by atoms with Crippen molar-refractivity contribution >= 4 is 10.0 Å². The molecule has 0 radical (unpaired) electrons. The maximum absolute atomic E-state index is 12.4. The molecule has 0 saturated carbocycles. The Bertz CT molecular complexity index is 581. The number of nitrogens with one attached hydrogen (secondary N) is 1. The second-order valence-electron chi connectivity index (χ2n) is 5.50. The van der Waals surface area contributed by atoms with Crippen LogP contribution >= 0.6 is 0 Å². The Morgan fingerprint density at radius 2 is 1.85 bits per heavy atom. The number of sulfonamides is 1. The lowest BCUT2D eigenvalue weighted by Crippen LogP contribution is -2.42. The lowest BCUT2D eigenvalue weighted by molar-refractivity contribution is 0.297. The van der Waals surface area contributed by atoms with E-state index in [2.05, 4.69) is 4.72 Å². The summed E-state index contributed by atoms with van der Waals surface area (Å²) in [6.07, 6.45) is 1.49. The van der Waals surface area contributed by atoms with Gasteiger partial charge in [0.05, 0.1) is 18.1 Å². The average Bonchev–Trinajstić information content (AvgIpc) is 2.61. The molecule has 1 aromatic carbocycles. The number of fused-ring (bicyclic) bond motifs is 1. The quantitative estimate of drug-likeness (QED) is 0.926. The van der Waals surface area contributed by atoms with Crippen molar-refractivity contribution in [2.24, 2.45) is 0 Å². The summed E-state index contributed by atoms with van der Waals surface area (Å²) in [5.74, 6) is 1.08. The smallest absolute Gasteiger partial charge is 0.241 e. The van der Waals surface area contributed by atoms with Gasteiger partial charge in [0.25, 0.3) is 0 Å². The Balaban J connectivity index is 2.31. The third-order valence-electron chi connectivity index (χ3n) is 3.32. The standard InChI is InChI=1S/C14H21NO4S/c1-4-14(2,3)15-20(16,17)11-6-7-12-13(10-11)19-9-5-8-18-12/h6-7,10,15H,4-5,8-9H2,1-3H3. The molecule has 112 valence electrons. The van der Waals surface area contributed by atoms with Crippen molar-refractivity contribution in [3.8, 4) is 11.5 Å². The first-order valence-corrected chi connectivity index (χ1v) is 8.26. The van der Waals surface area contributed by atoms with Crippen molar-refractivity contribution in [3.63, 3.8) is 0 Å². The van der Waals surface area contributed by atoms with E-state index in [1.165, 1.54) is 6.07 Å². The largest absolute Gasteiger partial charge is 0.490 e. The fraction of sp³-hybridized carbons (Fsp3) is 0.571. The zero-order chi connectivity index (χ0) is 14.8. The first kappa shape index (κ1) is 15.1. The molecule has 0 amide bonds. The number of hydrogen-bond donors (Lipinski definition) is 1. The Hall–Kier alpha value is -1.27. The summed E-state index contributed by atoms with van der Waals surface area (Å²) >= 11 is 0. The molecule has 0 bridgehead atoms. The summed E-state index contributed by atoms with van der Waals surface area (Å²) in [4.78, 5) is 0.197. The average molecular weight is 299 g/mol. The fourth-order valence-electron chi connectivity index (χ4n) is 1.81. The third-order valence-corrected chi connectivity index (χ3v) is 5.02. The van der Waals surface area contributed by atoms with E-state index in [1.807, 2.05) is 20.8 Å². The molecular weight excluding hydrogens is 278 g/mol. The Kier molecular flexibility index (Phi) is 4.25. The maximum atomic E-state index is 12.4. The van der Waals surface area contributed by atoms with Gasteiger partial charge in [-0.3, -0.25) is 0 Å². The molecule has 0 saturated heterocycles. The molecule has 0 aliphatic carbocycles. The molecule has 20 heavy (non-hydrogen) atoms. The summed E-state index contributed by atoms with van der Waals surface area (Å²) in [5, 5.41) is 0. The number of ether oxygens (including phenoxy) is 2. The number of rotatable bonds is 4. The van der Waals surface area contributed by atoms with Crippen LogP contribution < -0.4 is 14.2 Å². The van der Waals surface area contributed by atoms with Crippen molar-refractivity contribution in [1.29, 1.82) is 0 Å². The van der Waals surface area contributed by atoms with Crippen LogP contribution in [-0.4, -0.2) is 27.2 Å². The zero-order valence-corrected chi connectivity index (χ0v) is 12.9. The van der Waals surface area contributed by atoms with E-state index in [0.29, 0.717) is 31.1 Å². The van der Waals surface area contributed by atoms with Gasteiger partial charge in [0.15, 0.2) is 11.5 Å². The minimum Gasteiger partial charge on any atom is -0.490 e. The molecule has 1 aliphatic heterocycles. The van der Waals surface area contributed by atoms with Gasteiger partial charge in [-0.15, -0.1) is 0 Å². The number of hydrogen-bond acceptors (Lipinski definition) is 4. The molecule has 5 nitrogen and oxygen atoms in total. The lowest BCUT2D eigenvalue weighted by Gasteiger charge is -2.24. The highest BCUT2D eigenvalue weighted by atomic mass is 32.2. The van der Waals surface area contributed by atoms with Crippen LogP contribution in [0.15, 0.2) is 23.1 Å². The van der Waals surface area contributed by atoms with Crippen molar-refractivity contribution in [1.82, 2.24) is 4.72 Å². The van der Waals surface area contributed by atoms with Gasteiger partial charge in [0, 0.05) is 18.0 Å². The molecule has 2 rings (SSSR count). The van der Waals surface area contributed by atoms with Crippen molar-refractivity contribution in [2.45, 2.75) is 44.0 Å². The predicted octanol–water partition coefficient (Wildman–Crippen LogP) is 2.31. The Morgan fingerprint density at radius 1 is 1.20 bits per heavy atom. The fourth-order valence-corrected chi connectivity index (χ4v) is 3.30. The molecule has 1 aliphatic rings. The summed E-state index contributed by atoms with van der Waals surface area (Å²) in [6.45, 7) is 6.77. The van der Waals surface area contributed by atoms with Crippen LogP contribution in [0.5, 0.6) is 11.5 Å². The van der Waals surface area contributed by atoms with E-state index in [-0.39, 0.29) is 4.90 Å². The summed E-state index contributed by atoms with van der Waals surface area (Å²) in [6, 6.07) is 4.71. The normalized spacial score (nSPS) is 15.8. The highest BCUT2D eigenvalue weighted by Crippen LogP contribution is 2.32. The van der Waals surface area contributed by atoms with Crippen LogP contribution in [0.25, 0.3) is 0 Å². The summed E-state index contributed by atoms with van der Waals surface area (Å²) in [5.41, 5.74) is -0.483. The van der Waals surface area contributed by atoms with E-state index in [0.717, 1.165) is 6.42 Å². The molecular formula is C14H21NO4S. The minimum atomic E-state index is -3.56. The van der Waals surface area contributed by atoms with E-state index in [9.17, 15) is 8.42 Å². The first-order valence-electron chi connectivity index (χ1n) is 6.78. The van der Waals surface area contributed by atoms with Crippen LogP contribution in [0.4, 0.5) is 0 Å². The third kappa shape index (κ3) is 3.43. The van der Waals surface area contributed by atoms with Gasteiger partial charge < -0.3 is 9.47 Å². The monoisotopic (exact) mass is 299 g/mol. The van der Waals surface area contributed by atoms with Crippen LogP contribution in [0.1, 0.15) is 33.6 Å². The van der Waals surface area contributed by atoms with Crippen molar-refractivity contribution < 1.29 is 17.9 Å². The van der Waals surface area contributed by atoms with E-state index < -0.39 is 15.6 Å². The second-order valence-corrected chi connectivity index (χ2v) is 7.18. The molecule has 0 fully saturated rings. The van der Waals surface area contributed by atoms with Gasteiger partial charge in [0.2, 0.25) is 10.0 Å². The highest BCUT2D eigenvalue weighted by molar-refractivity contribution is 7.89. The SMILES string of the molecule is CCC(C)(C)NS(=O)(=O)c1ccc2c(c1)OCCCO2. The Labute approximate surface area is 120 Å².